The smallest absolute Gasteiger partial charge is 0.383 e. The maximum Gasteiger partial charge on any atom is 0.416 e. The van der Waals surface area contributed by atoms with Crippen molar-refractivity contribution in [2.45, 2.75) is 6.18 Å². The van der Waals surface area contributed by atoms with Gasteiger partial charge in [0.2, 0.25) is 0 Å². The van der Waals surface area contributed by atoms with Gasteiger partial charge in [-0.3, -0.25) is 9.78 Å². The summed E-state index contributed by atoms with van der Waals surface area (Å²) < 4.78 is 40.4. The highest BCUT2D eigenvalue weighted by Crippen LogP contribution is 2.30. The third-order valence-corrected chi connectivity index (χ3v) is 3.70. The molecule has 0 atom stereocenters. The second-order valence-electron chi connectivity index (χ2n) is 6.03. The van der Waals surface area contributed by atoms with Crippen LogP contribution in [0.3, 0.4) is 0 Å². The van der Waals surface area contributed by atoms with E-state index in [0.29, 0.717) is 5.69 Å². The van der Waals surface area contributed by atoms with E-state index in [-0.39, 0.29) is 17.0 Å². The molecule has 0 bridgehead atoms. The molecule has 1 aromatic carbocycles. The molecule has 0 N–H and O–H groups in total. The molecule has 0 aliphatic heterocycles. The van der Waals surface area contributed by atoms with E-state index in [2.05, 4.69) is 20.5 Å². The fraction of sp³-hybridized carbons (Fsp3) is 0.167. The van der Waals surface area contributed by atoms with Crippen molar-refractivity contribution >= 4 is 11.4 Å². The Morgan fingerprint density at radius 2 is 1.86 bits per heavy atom. The van der Waals surface area contributed by atoms with Gasteiger partial charge in [0, 0.05) is 38.3 Å². The summed E-state index contributed by atoms with van der Waals surface area (Å²) >= 11 is 0. The van der Waals surface area contributed by atoms with E-state index >= 15 is 0 Å². The lowest BCUT2D eigenvalue weighted by Crippen LogP contribution is -2.14. The third kappa shape index (κ3) is 4.05. The van der Waals surface area contributed by atoms with Crippen molar-refractivity contribution in [3.05, 3.63) is 71.9 Å². The number of tetrazole rings is 1. The number of halogens is 3. The second kappa shape index (κ2) is 7.59. The molecule has 3 aromatic rings. The predicted octanol–water partition coefficient (Wildman–Crippen LogP) is 2.86. The summed E-state index contributed by atoms with van der Waals surface area (Å²) in [4.78, 5) is 18.6. The molecule has 2 aromatic heterocycles. The number of benzene rings is 1. The Balaban J connectivity index is 2.09. The van der Waals surface area contributed by atoms with Crippen molar-refractivity contribution in [2.24, 2.45) is 0 Å². The van der Waals surface area contributed by atoms with E-state index in [4.69, 9.17) is 0 Å². The van der Waals surface area contributed by atoms with Gasteiger partial charge in [-0.15, -0.1) is 5.10 Å². The van der Waals surface area contributed by atoms with Crippen LogP contribution in [0.1, 0.15) is 21.7 Å². The highest BCUT2D eigenvalue weighted by atomic mass is 19.4. The Bertz CT molecular complexity index is 1010. The first-order valence-corrected chi connectivity index (χ1v) is 8.06. The highest BCUT2D eigenvalue weighted by Gasteiger charge is 2.31. The molecular weight excluding hydrogens is 373 g/mol. The van der Waals surface area contributed by atoms with Gasteiger partial charge >= 0.3 is 6.18 Å². The van der Waals surface area contributed by atoms with E-state index in [1.54, 1.807) is 31.1 Å². The monoisotopic (exact) mass is 388 g/mol. The third-order valence-electron chi connectivity index (χ3n) is 3.70. The summed E-state index contributed by atoms with van der Waals surface area (Å²) in [5.41, 5.74) is -0.425. The Morgan fingerprint density at radius 1 is 1.14 bits per heavy atom. The first-order valence-electron chi connectivity index (χ1n) is 8.06. The summed E-state index contributed by atoms with van der Waals surface area (Å²) in [5, 5.41) is 11.4. The van der Waals surface area contributed by atoms with E-state index in [0.717, 1.165) is 12.1 Å². The molecule has 10 heteroatoms. The first kappa shape index (κ1) is 19.2. The molecule has 3 rings (SSSR count). The van der Waals surface area contributed by atoms with Gasteiger partial charge in [-0.1, -0.05) is 12.1 Å². The largest absolute Gasteiger partial charge is 0.416 e. The number of rotatable bonds is 5. The van der Waals surface area contributed by atoms with Crippen molar-refractivity contribution in [1.29, 1.82) is 0 Å². The standard InChI is InChI=1S/C18H15F3N6O/c1-26(2)11-15(16(28)12-4-3-5-13(10-12)18(19,20)21)17-23-24-25-27(17)14-6-8-22-9-7-14/h3-11H,1-2H3. The number of ketones is 1. The van der Waals surface area contributed by atoms with Gasteiger partial charge in [-0.25, -0.2) is 0 Å². The average molecular weight is 388 g/mol. The number of Topliss-reactive ketones (excluding diaryl/α,β-unsaturated/α-hetero) is 1. The molecule has 0 fully saturated rings. The number of nitrogens with zero attached hydrogens (tertiary/aromatic N) is 6. The summed E-state index contributed by atoms with van der Waals surface area (Å²) in [5.74, 6) is -0.535. The van der Waals surface area contributed by atoms with Gasteiger partial charge in [0.1, 0.15) is 0 Å². The van der Waals surface area contributed by atoms with Crippen molar-refractivity contribution in [3.8, 4) is 5.69 Å². The van der Waals surface area contributed by atoms with E-state index in [1.165, 1.54) is 35.4 Å². The molecule has 0 unspecified atom stereocenters. The quantitative estimate of drug-likeness (QED) is 0.494. The highest BCUT2D eigenvalue weighted by molar-refractivity contribution is 6.28. The molecule has 0 radical (unpaired) electrons. The number of hydrogen-bond donors (Lipinski definition) is 0. The molecule has 28 heavy (non-hydrogen) atoms. The van der Waals surface area contributed by atoms with Crippen LogP contribution in [-0.4, -0.2) is 50.0 Å². The minimum Gasteiger partial charge on any atom is -0.383 e. The minimum atomic E-state index is -4.56. The number of pyridine rings is 1. The van der Waals surface area contributed by atoms with Crippen LogP contribution in [-0.2, 0) is 6.18 Å². The Kier molecular flexibility index (Phi) is 5.21. The number of alkyl halides is 3. The molecule has 7 nitrogen and oxygen atoms in total. The van der Waals surface area contributed by atoms with Crippen LogP contribution in [0.4, 0.5) is 13.2 Å². The molecule has 144 valence electrons. The topological polar surface area (TPSA) is 76.8 Å². The zero-order valence-corrected chi connectivity index (χ0v) is 14.9. The molecule has 2 heterocycles. The summed E-state index contributed by atoms with van der Waals surface area (Å²) in [6.07, 6.45) is -0.0260. The van der Waals surface area contributed by atoms with Crippen LogP contribution < -0.4 is 0 Å². The summed E-state index contributed by atoms with van der Waals surface area (Å²) in [6.45, 7) is 0. The van der Waals surface area contributed by atoms with Crippen molar-refractivity contribution in [3.63, 3.8) is 0 Å². The van der Waals surface area contributed by atoms with Gasteiger partial charge in [-0.2, -0.15) is 17.9 Å². The van der Waals surface area contributed by atoms with Crippen molar-refractivity contribution in [1.82, 2.24) is 30.1 Å². The number of carbonyl (C=O) groups excluding carboxylic acids is 1. The van der Waals surface area contributed by atoms with E-state index in [9.17, 15) is 18.0 Å². The number of allylic oxidation sites excluding steroid dienone is 1. The van der Waals surface area contributed by atoms with Crippen LogP contribution in [0.15, 0.2) is 55.0 Å². The molecule has 0 amide bonds. The number of aromatic nitrogens is 5. The lowest BCUT2D eigenvalue weighted by molar-refractivity contribution is -0.137. The maximum absolute atomic E-state index is 13.1. The predicted molar refractivity (Wildman–Crippen MR) is 94.4 cm³/mol. The van der Waals surface area contributed by atoms with Gasteiger partial charge in [-0.05, 0) is 34.7 Å². The Morgan fingerprint density at radius 3 is 2.50 bits per heavy atom. The van der Waals surface area contributed by atoms with Gasteiger partial charge < -0.3 is 4.90 Å². The molecule has 0 spiro atoms. The van der Waals surface area contributed by atoms with Gasteiger partial charge in [0.15, 0.2) is 11.6 Å². The van der Waals surface area contributed by atoms with Crippen LogP contribution in [0.25, 0.3) is 11.3 Å². The van der Waals surface area contributed by atoms with Gasteiger partial charge in [0.05, 0.1) is 16.8 Å². The van der Waals surface area contributed by atoms with Crippen LogP contribution >= 0.6 is 0 Å². The van der Waals surface area contributed by atoms with Crippen LogP contribution in [0.2, 0.25) is 0 Å². The van der Waals surface area contributed by atoms with Crippen LogP contribution in [0.5, 0.6) is 0 Å². The summed E-state index contributed by atoms with van der Waals surface area (Å²) in [6, 6.07) is 7.51. The second-order valence-corrected chi connectivity index (χ2v) is 6.03. The lowest BCUT2D eigenvalue weighted by Gasteiger charge is -2.13. The maximum atomic E-state index is 13.1. The lowest BCUT2D eigenvalue weighted by atomic mass is 10.0. The summed E-state index contributed by atoms with van der Waals surface area (Å²) in [7, 11) is 3.36. The fourth-order valence-corrected chi connectivity index (χ4v) is 2.48. The van der Waals surface area contributed by atoms with Crippen molar-refractivity contribution in [2.75, 3.05) is 14.1 Å². The molecule has 0 saturated heterocycles. The fourth-order valence-electron chi connectivity index (χ4n) is 2.48. The Hall–Kier alpha value is -3.56. The van der Waals surface area contributed by atoms with Crippen LogP contribution in [0, 0.1) is 0 Å². The average Bonchev–Trinajstić information content (AvgIpc) is 3.15. The Labute approximate surface area is 158 Å². The molecule has 0 saturated carbocycles. The zero-order chi connectivity index (χ0) is 20.3. The van der Waals surface area contributed by atoms with Crippen molar-refractivity contribution < 1.29 is 18.0 Å². The number of carbonyl (C=O) groups is 1. The first-order chi connectivity index (χ1) is 13.3. The zero-order valence-electron chi connectivity index (χ0n) is 14.9. The molecular formula is C18H15F3N6O. The normalized spacial score (nSPS) is 12.1. The van der Waals surface area contributed by atoms with E-state index < -0.39 is 17.5 Å². The van der Waals surface area contributed by atoms with E-state index in [1.807, 2.05) is 0 Å². The SMILES string of the molecule is CN(C)C=C(C(=O)c1cccc(C(F)(F)F)c1)c1nnnn1-c1ccncc1. The molecule has 0 aliphatic carbocycles. The molecule has 0 aliphatic rings. The van der Waals surface area contributed by atoms with Gasteiger partial charge in [0.25, 0.3) is 0 Å². The minimum absolute atomic E-state index is 0.0473. The number of hydrogen-bond acceptors (Lipinski definition) is 6.